The molecule has 0 spiro atoms. The molecule has 10 N–H and O–H groups in total. The van der Waals surface area contributed by atoms with Gasteiger partial charge in [0.15, 0.2) is 5.52 Å². The van der Waals surface area contributed by atoms with Crippen LogP contribution in [0.5, 0.6) is 0 Å². The molecule has 34 heteroatoms. The molecular weight excluding hydrogens is 1300 g/mol. The van der Waals surface area contributed by atoms with Crippen molar-refractivity contribution in [3.8, 4) is 0 Å². The summed E-state index contributed by atoms with van der Waals surface area (Å²) < 4.78 is 113. The summed E-state index contributed by atoms with van der Waals surface area (Å²) in [5.41, 5.74) is 13.3. The van der Waals surface area contributed by atoms with Gasteiger partial charge in [-0.2, -0.15) is 26.3 Å². The maximum atomic E-state index is 13.3. The number of aryl methyl sites for hydroxylation is 1. The molecule has 4 aromatic rings. The highest BCUT2D eigenvalue weighted by Gasteiger charge is 2.47. The van der Waals surface area contributed by atoms with Crippen LogP contribution in [0.2, 0.25) is 0 Å². The summed E-state index contributed by atoms with van der Waals surface area (Å²) in [6, 6.07) is 12.1. The summed E-state index contributed by atoms with van der Waals surface area (Å²) in [5.74, 6) is -0.528. The van der Waals surface area contributed by atoms with E-state index in [-0.39, 0.29) is 59.1 Å². The third-order valence-corrected chi connectivity index (χ3v) is 23.0. The van der Waals surface area contributed by atoms with Gasteiger partial charge in [-0.15, -0.1) is 23.3 Å². The van der Waals surface area contributed by atoms with E-state index in [1.165, 1.54) is 39.5 Å². The quantitative estimate of drug-likeness (QED) is 0.00770. The van der Waals surface area contributed by atoms with Crippen molar-refractivity contribution in [3.63, 3.8) is 0 Å². The van der Waals surface area contributed by atoms with Crippen LogP contribution >= 0.6 is 31.3 Å². The number of aliphatic imine (C=N–C) groups is 1. The largest absolute Gasteiger partial charge is 0.490 e. The first kappa shape index (κ1) is 72.4. The number of aliphatic hydroxyl groups is 1. The number of anilines is 3. The molecule has 5 heterocycles. The van der Waals surface area contributed by atoms with Gasteiger partial charge in [0.2, 0.25) is 11.9 Å². The molecule has 1 aliphatic carbocycles. The van der Waals surface area contributed by atoms with Crippen LogP contribution in [-0.2, 0) is 70.7 Å². The highest BCUT2D eigenvalue weighted by Crippen LogP contribution is 2.71. The number of nitrogen functional groups attached to an aromatic ring is 1. The lowest BCUT2D eigenvalue weighted by molar-refractivity contribution is -0.119. The van der Waals surface area contributed by atoms with Crippen LogP contribution in [0.1, 0.15) is 148 Å². The Labute approximate surface area is 534 Å². The average Bonchev–Trinajstić information content (AvgIpc) is 1.60. The third kappa shape index (κ3) is 17.9. The first-order valence-electron chi connectivity index (χ1n) is 30.2. The Bertz CT molecular complexity index is 3920. The average molecular weight is 1380 g/mol. The third-order valence-electron chi connectivity index (χ3n) is 16.2. The molecule has 1 saturated heterocycles. The zero-order chi connectivity index (χ0) is 67.2. The Hall–Kier alpha value is -5.45. The Balaban J connectivity index is 0.837. The SMILES string of the molecule is CCCCN1C(=CC=C2CCC/C(=C\C=C3/N(CCCC)c4ccc(S(=O)(=O)O)cc4C3(C)C)[C-]2N=CCC(=O)NCCCCCCOP(=O)(O)OP(=O)(O)OP(=O)(O)OP(=O)(O)OCC2OC(n3cnc4c(=O)nc(N)[nH]c43)CC2O)C(C)(C)c2cc(C)ccc21. The molecule has 3 aliphatic heterocycles. The summed E-state index contributed by atoms with van der Waals surface area (Å²) in [6.45, 7) is 15.3. The smallest absolute Gasteiger partial charge is 0.390 e. The van der Waals surface area contributed by atoms with E-state index in [2.05, 4.69) is 125 Å². The van der Waals surface area contributed by atoms with Gasteiger partial charge in [0.1, 0.15) is 18.0 Å². The van der Waals surface area contributed by atoms with Crippen molar-refractivity contribution >= 4 is 82.0 Å². The molecule has 0 radical (unpaired) electrons. The van der Waals surface area contributed by atoms with Gasteiger partial charge in [-0.3, -0.25) is 27.8 Å². The lowest BCUT2D eigenvalue weighted by Gasteiger charge is -2.33. The van der Waals surface area contributed by atoms with Crippen LogP contribution in [0.4, 0.5) is 17.3 Å². The fraction of sp³-hybridized carbons (Fsp3) is 0.517. The zero-order valence-electron chi connectivity index (χ0n) is 52.2. The second-order valence-corrected chi connectivity index (χ2v) is 31.5. The number of hydrogen-bond donors (Lipinski definition) is 9. The number of hydrogen-bond acceptors (Lipinski definition) is 21. The number of imidazole rings is 1. The fourth-order valence-electron chi connectivity index (χ4n) is 11.6. The van der Waals surface area contributed by atoms with Gasteiger partial charge < -0.3 is 60.2 Å². The minimum absolute atomic E-state index is 0.0416. The minimum atomic E-state index is -6.11. The van der Waals surface area contributed by atoms with Crippen molar-refractivity contribution in [2.24, 2.45) is 4.99 Å². The van der Waals surface area contributed by atoms with Gasteiger partial charge in [-0.25, -0.2) is 23.2 Å². The summed E-state index contributed by atoms with van der Waals surface area (Å²) in [4.78, 5) is 85.3. The van der Waals surface area contributed by atoms with Crippen molar-refractivity contribution < 1.29 is 87.4 Å². The normalized spacial score (nSPS) is 23.4. The number of phosphoric acid groups is 4. The van der Waals surface area contributed by atoms with Crippen LogP contribution in [0.15, 0.2) is 104 Å². The van der Waals surface area contributed by atoms with Crippen molar-refractivity contribution in [2.75, 3.05) is 48.4 Å². The second kappa shape index (κ2) is 29.7. The number of amides is 1. The van der Waals surface area contributed by atoms with Gasteiger partial charge in [0, 0.05) is 66.1 Å². The first-order chi connectivity index (χ1) is 43.2. The van der Waals surface area contributed by atoms with Crippen LogP contribution in [0, 0.1) is 13.0 Å². The number of aromatic amines is 1. The van der Waals surface area contributed by atoms with E-state index in [9.17, 15) is 65.5 Å². The van der Waals surface area contributed by atoms with E-state index in [0.717, 1.165) is 79.2 Å². The van der Waals surface area contributed by atoms with Gasteiger partial charge in [0.25, 0.3) is 10.1 Å². The number of carbonyl (C=O) groups is 1. The number of fused-ring (bicyclic) bond motifs is 3. The number of aromatic nitrogens is 4. The zero-order valence-corrected chi connectivity index (χ0v) is 56.6. The first-order valence-corrected chi connectivity index (χ1v) is 37.7. The molecule has 2 fully saturated rings. The Kier molecular flexibility index (Phi) is 23.3. The maximum Gasteiger partial charge on any atom is 0.490 e. The molecule has 7 atom stereocenters. The predicted molar refractivity (Wildman–Crippen MR) is 344 cm³/mol. The Morgan fingerprint density at radius 3 is 1.99 bits per heavy atom. The summed E-state index contributed by atoms with van der Waals surface area (Å²) in [6.07, 6.45) is 14.9. The fourth-order valence-corrected chi connectivity index (χ4v) is 17.1. The minimum Gasteiger partial charge on any atom is -0.390 e. The predicted octanol–water partition coefficient (Wildman–Crippen LogP) is 10.1. The van der Waals surface area contributed by atoms with E-state index >= 15 is 0 Å². The monoisotopic (exact) mass is 1380 g/mol. The number of unbranched alkanes of at least 4 members (excludes halogenated alkanes) is 5. The van der Waals surface area contributed by atoms with Crippen LogP contribution in [-0.4, -0.2) is 114 Å². The molecular formula is C58H82N9O20P4S-. The number of phosphoric ester groups is 2. The van der Waals surface area contributed by atoms with E-state index in [4.69, 9.17) is 20.0 Å². The maximum absolute atomic E-state index is 13.3. The number of aliphatic hydroxyl groups excluding tert-OH is 1. The number of nitrogens with two attached hydrogens (primary N) is 1. The van der Waals surface area contributed by atoms with Crippen LogP contribution in [0.25, 0.3) is 11.2 Å². The number of H-pyrrole nitrogens is 1. The van der Waals surface area contributed by atoms with E-state index < -0.39 is 84.0 Å². The molecule has 1 amide bonds. The standard InChI is InChI=1S/C58H82N9O20P4S/c1-8-10-30-65-44-23-19-38(3)33-42(44)57(4,5)48(65)25-20-39-17-16-18-40(21-26-49-58(6,7)43-34-41(92(79,80)81)22-24-45(43)66(49)31-11-9-2)52(39)61-29-27-50(69)60-28-14-12-13-15-32-82-88(71,72)85-90(75,76)87-91(77,78)86-89(73,74)83-36-47-46(68)35-51(84-47)67-37-62-53-54(67)63-56(59)64-55(53)70/h19-26,29,33-34,37,46-47,51,68H,8-18,27-28,30-32,35-36H2,1-7H3,(H,60,69)(H,71,72)(H,73,74)(H,75,76)(H,77,78)(H,79,80,81)(H3,59,63,64,70)/q-1/b39-20?,40-21+,48-25?,49-26-,61-29?. The second-order valence-electron chi connectivity index (χ2n) is 23.9. The van der Waals surface area contributed by atoms with E-state index in [0.29, 0.717) is 32.2 Å². The summed E-state index contributed by atoms with van der Waals surface area (Å²) >= 11 is 0. The molecule has 8 rings (SSSR count). The molecule has 2 aromatic carbocycles. The molecule has 92 heavy (non-hydrogen) atoms. The number of nitrogens with one attached hydrogen (secondary N) is 2. The van der Waals surface area contributed by atoms with Crippen molar-refractivity contribution in [1.82, 2.24) is 24.8 Å². The molecule has 0 bridgehead atoms. The molecule has 2 aromatic heterocycles. The van der Waals surface area contributed by atoms with Crippen LogP contribution in [0.3, 0.4) is 0 Å². The van der Waals surface area contributed by atoms with Crippen molar-refractivity contribution in [2.45, 2.75) is 166 Å². The van der Waals surface area contributed by atoms with Crippen molar-refractivity contribution in [3.05, 3.63) is 123 Å². The molecule has 4 aliphatic rings. The number of ether oxygens (including phenoxy) is 1. The number of carbonyl (C=O) groups excluding carboxylic acids is 1. The highest BCUT2D eigenvalue weighted by atomic mass is 32.2. The molecule has 1 saturated carbocycles. The number of nitrogens with zero attached hydrogens (tertiary/aromatic N) is 6. The topological polar surface area (TPSA) is 417 Å². The van der Waals surface area contributed by atoms with Gasteiger partial charge >= 0.3 is 36.9 Å². The summed E-state index contributed by atoms with van der Waals surface area (Å²) in [7, 11) is -27.8. The van der Waals surface area contributed by atoms with E-state index in [1.54, 1.807) is 18.3 Å². The number of allylic oxidation sites excluding steroid dienone is 6. The summed E-state index contributed by atoms with van der Waals surface area (Å²) in [5, 5.41) is 13.4. The lowest BCUT2D eigenvalue weighted by atomic mass is 9.81. The molecule has 7 unspecified atom stereocenters. The number of benzene rings is 2. The molecule has 506 valence electrons. The van der Waals surface area contributed by atoms with Crippen molar-refractivity contribution in [1.29, 1.82) is 0 Å². The van der Waals surface area contributed by atoms with E-state index in [1.807, 2.05) is 13.8 Å². The highest BCUT2D eigenvalue weighted by molar-refractivity contribution is 7.85. The van der Waals surface area contributed by atoms with Gasteiger partial charge in [0.05, 0.1) is 30.5 Å². The number of rotatable bonds is 30. The Morgan fingerprint density at radius 1 is 0.826 bits per heavy atom. The van der Waals surface area contributed by atoms with Gasteiger partial charge in [-0.05, 0) is 93.3 Å². The molecule has 29 nitrogen and oxygen atoms in total. The van der Waals surface area contributed by atoms with Gasteiger partial charge in [-0.1, -0.05) is 103 Å². The van der Waals surface area contributed by atoms with Crippen LogP contribution < -0.4 is 26.4 Å². The Morgan fingerprint density at radius 2 is 1.39 bits per heavy atom. The lowest BCUT2D eigenvalue weighted by Crippen LogP contribution is -2.27.